The molecule has 2 aliphatic rings. The van der Waals surface area contributed by atoms with Crippen LogP contribution in [0.5, 0.6) is 5.75 Å². The van der Waals surface area contributed by atoms with Crippen molar-refractivity contribution in [1.82, 2.24) is 10.2 Å². The molecule has 3 rings (SSSR count). The minimum Gasteiger partial charge on any atom is -0.496 e. The van der Waals surface area contributed by atoms with Crippen LogP contribution in [0.4, 0.5) is 13.2 Å². The van der Waals surface area contributed by atoms with Crippen LogP contribution in [0.1, 0.15) is 18.4 Å². The number of nitrogens with one attached hydrogen (secondary N) is 1. The largest absolute Gasteiger partial charge is 0.496 e. The Hall–Kier alpha value is -2.29. The van der Waals surface area contributed by atoms with Gasteiger partial charge in [-0.1, -0.05) is 18.2 Å². The molecule has 6 nitrogen and oxygen atoms in total. The standard InChI is InChI=1S/C15H20N2O2.C2HF3O2/c1-19-14-5-3-2-4-11(14)10-17(13-6-7-13)15(18)12-8-16-9-12;3-2(4,5)1(6)7/h2-5,12-13,16H,6-10H2,1H3;(H,6,7). The molecule has 9 heteroatoms. The van der Waals surface area contributed by atoms with E-state index in [1.165, 1.54) is 0 Å². The quantitative estimate of drug-likeness (QED) is 0.825. The molecule has 1 amide bonds. The highest BCUT2D eigenvalue weighted by Gasteiger charge is 2.38. The fourth-order valence-corrected chi connectivity index (χ4v) is 2.49. The summed E-state index contributed by atoms with van der Waals surface area (Å²) in [4.78, 5) is 23.4. The summed E-state index contributed by atoms with van der Waals surface area (Å²) in [5, 5.41) is 10.3. The van der Waals surface area contributed by atoms with Crippen LogP contribution in [0.3, 0.4) is 0 Å². The Bertz CT molecular complexity index is 643. The number of halogens is 3. The summed E-state index contributed by atoms with van der Waals surface area (Å²) in [5.41, 5.74) is 1.09. The van der Waals surface area contributed by atoms with E-state index in [0.29, 0.717) is 18.5 Å². The Morgan fingerprint density at radius 1 is 1.27 bits per heavy atom. The summed E-state index contributed by atoms with van der Waals surface area (Å²) in [6.07, 6.45) is -2.80. The van der Waals surface area contributed by atoms with Gasteiger partial charge in [0.05, 0.1) is 13.0 Å². The molecular formula is C17H21F3N2O4. The van der Waals surface area contributed by atoms with E-state index in [4.69, 9.17) is 14.6 Å². The van der Waals surface area contributed by atoms with Crippen molar-refractivity contribution < 1.29 is 32.6 Å². The van der Waals surface area contributed by atoms with Gasteiger partial charge in [-0.05, 0) is 18.9 Å². The lowest BCUT2D eigenvalue weighted by Gasteiger charge is -2.33. The van der Waals surface area contributed by atoms with Gasteiger partial charge >= 0.3 is 12.1 Å². The molecule has 0 unspecified atom stereocenters. The Kier molecular flexibility index (Phi) is 6.47. The molecule has 0 spiro atoms. The van der Waals surface area contributed by atoms with Crippen LogP contribution in [-0.4, -0.2) is 54.3 Å². The molecule has 1 aliphatic heterocycles. The van der Waals surface area contributed by atoms with Gasteiger partial charge in [0, 0.05) is 31.2 Å². The van der Waals surface area contributed by atoms with Crippen molar-refractivity contribution in [3.63, 3.8) is 0 Å². The van der Waals surface area contributed by atoms with Gasteiger partial charge < -0.3 is 20.1 Å². The molecule has 2 N–H and O–H groups in total. The first-order valence-corrected chi connectivity index (χ1v) is 8.17. The van der Waals surface area contributed by atoms with Crippen molar-refractivity contribution in [2.24, 2.45) is 5.92 Å². The van der Waals surface area contributed by atoms with E-state index in [0.717, 1.165) is 37.2 Å². The number of alkyl halides is 3. The summed E-state index contributed by atoms with van der Waals surface area (Å²) < 4.78 is 37.1. The number of hydrogen-bond acceptors (Lipinski definition) is 4. The van der Waals surface area contributed by atoms with Crippen LogP contribution in [0, 0.1) is 5.92 Å². The molecule has 2 fully saturated rings. The molecule has 1 aromatic rings. The number of hydrogen-bond donors (Lipinski definition) is 2. The van der Waals surface area contributed by atoms with Crippen molar-refractivity contribution in [1.29, 1.82) is 0 Å². The van der Waals surface area contributed by atoms with Gasteiger partial charge in [-0.25, -0.2) is 4.79 Å². The molecule has 0 radical (unpaired) electrons. The van der Waals surface area contributed by atoms with Crippen molar-refractivity contribution in [2.45, 2.75) is 31.6 Å². The van der Waals surface area contributed by atoms with Gasteiger partial charge in [-0.15, -0.1) is 0 Å². The van der Waals surface area contributed by atoms with Crippen molar-refractivity contribution in [2.75, 3.05) is 20.2 Å². The fourth-order valence-electron chi connectivity index (χ4n) is 2.49. The first kappa shape index (κ1) is 20.0. The predicted molar refractivity (Wildman–Crippen MR) is 86.6 cm³/mol. The third kappa shape index (κ3) is 5.35. The zero-order valence-electron chi connectivity index (χ0n) is 14.3. The molecule has 1 saturated heterocycles. The normalized spacial score (nSPS) is 16.8. The van der Waals surface area contributed by atoms with Crippen LogP contribution in [0.2, 0.25) is 0 Å². The summed E-state index contributed by atoms with van der Waals surface area (Å²) in [5.74, 6) is -1.41. The molecule has 1 saturated carbocycles. The van der Waals surface area contributed by atoms with E-state index in [9.17, 15) is 18.0 Å². The number of methoxy groups -OCH3 is 1. The van der Waals surface area contributed by atoms with E-state index in [-0.39, 0.29) is 5.92 Å². The maximum atomic E-state index is 12.5. The van der Waals surface area contributed by atoms with E-state index < -0.39 is 12.1 Å². The van der Waals surface area contributed by atoms with Crippen LogP contribution in [0.15, 0.2) is 24.3 Å². The second-order valence-electron chi connectivity index (χ2n) is 6.17. The van der Waals surface area contributed by atoms with E-state index in [1.54, 1.807) is 7.11 Å². The lowest BCUT2D eigenvalue weighted by Crippen LogP contribution is -2.52. The van der Waals surface area contributed by atoms with E-state index in [1.807, 2.05) is 29.2 Å². The van der Waals surface area contributed by atoms with Crippen molar-refractivity contribution in [3.8, 4) is 5.75 Å². The number of carboxylic acids is 1. The predicted octanol–water partition coefficient (Wildman–Crippen LogP) is 2.04. The summed E-state index contributed by atoms with van der Waals surface area (Å²) in [7, 11) is 1.68. The SMILES string of the molecule is COc1ccccc1CN(C(=O)C1CNC1)C1CC1.O=C(O)C(F)(F)F. The fraction of sp³-hybridized carbons (Fsp3) is 0.529. The highest BCUT2D eigenvalue weighted by Crippen LogP contribution is 2.32. The summed E-state index contributed by atoms with van der Waals surface area (Å²) >= 11 is 0. The first-order chi connectivity index (χ1) is 12.2. The Morgan fingerprint density at radius 3 is 2.27 bits per heavy atom. The second kappa shape index (κ2) is 8.39. The average Bonchev–Trinajstić information content (AvgIpc) is 3.35. The number of carbonyl (C=O) groups excluding carboxylic acids is 1. The monoisotopic (exact) mass is 374 g/mol. The molecule has 0 aromatic heterocycles. The summed E-state index contributed by atoms with van der Waals surface area (Å²) in [6.45, 7) is 2.33. The van der Waals surface area contributed by atoms with Gasteiger partial charge in [0.2, 0.25) is 5.91 Å². The number of carbonyl (C=O) groups is 2. The molecule has 0 atom stereocenters. The van der Waals surface area contributed by atoms with Gasteiger partial charge in [-0.2, -0.15) is 13.2 Å². The van der Waals surface area contributed by atoms with Gasteiger partial charge in [0.25, 0.3) is 0 Å². The lowest BCUT2D eigenvalue weighted by atomic mass is 10.0. The van der Waals surface area contributed by atoms with Gasteiger partial charge in [-0.3, -0.25) is 4.79 Å². The number of rotatable bonds is 5. The highest BCUT2D eigenvalue weighted by molar-refractivity contribution is 5.81. The number of nitrogens with zero attached hydrogens (tertiary/aromatic N) is 1. The smallest absolute Gasteiger partial charge is 0.490 e. The lowest BCUT2D eigenvalue weighted by molar-refractivity contribution is -0.192. The molecule has 0 bridgehead atoms. The van der Waals surface area contributed by atoms with Crippen LogP contribution >= 0.6 is 0 Å². The van der Waals surface area contributed by atoms with Crippen LogP contribution in [-0.2, 0) is 16.1 Å². The van der Waals surface area contributed by atoms with Gasteiger partial charge in [0.15, 0.2) is 0 Å². The maximum Gasteiger partial charge on any atom is 0.490 e. The van der Waals surface area contributed by atoms with Gasteiger partial charge in [0.1, 0.15) is 5.75 Å². The molecule has 1 aromatic carbocycles. The second-order valence-corrected chi connectivity index (χ2v) is 6.17. The van der Waals surface area contributed by atoms with Crippen molar-refractivity contribution >= 4 is 11.9 Å². The third-order valence-corrected chi connectivity index (χ3v) is 4.18. The molecule has 26 heavy (non-hydrogen) atoms. The molecule has 1 heterocycles. The zero-order valence-corrected chi connectivity index (χ0v) is 14.3. The van der Waals surface area contributed by atoms with E-state index >= 15 is 0 Å². The number of amides is 1. The number of aliphatic carboxylic acids is 1. The number of benzene rings is 1. The zero-order chi connectivity index (χ0) is 19.3. The number of ether oxygens (including phenoxy) is 1. The topological polar surface area (TPSA) is 78.9 Å². The molecule has 144 valence electrons. The summed E-state index contributed by atoms with van der Waals surface area (Å²) in [6, 6.07) is 8.40. The number of para-hydroxylation sites is 1. The average molecular weight is 374 g/mol. The van der Waals surface area contributed by atoms with Crippen molar-refractivity contribution in [3.05, 3.63) is 29.8 Å². The highest BCUT2D eigenvalue weighted by atomic mass is 19.4. The number of carboxylic acid groups (broad SMARTS) is 1. The minimum atomic E-state index is -5.08. The Morgan fingerprint density at radius 2 is 1.85 bits per heavy atom. The minimum absolute atomic E-state index is 0.176. The van der Waals surface area contributed by atoms with Crippen LogP contribution < -0.4 is 10.1 Å². The molecule has 1 aliphatic carbocycles. The molecular weight excluding hydrogens is 353 g/mol. The Balaban J connectivity index is 0.000000298. The Labute approximate surface area is 148 Å². The van der Waals surface area contributed by atoms with Crippen LogP contribution in [0.25, 0.3) is 0 Å². The maximum absolute atomic E-state index is 12.5. The third-order valence-electron chi connectivity index (χ3n) is 4.18. The first-order valence-electron chi connectivity index (χ1n) is 8.17. The van der Waals surface area contributed by atoms with E-state index in [2.05, 4.69) is 5.32 Å².